The molecule has 0 aliphatic carbocycles. The lowest BCUT2D eigenvalue weighted by molar-refractivity contribution is 0.237. The van der Waals surface area contributed by atoms with Crippen LogP contribution in [0, 0.1) is 12.7 Å². The average molecular weight is 420 g/mol. The second kappa shape index (κ2) is 8.15. The number of fused-ring (bicyclic) bond motifs is 1. The zero-order valence-electron chi connectivity index (χ0n) is 17.7. The van der Waals surface area contributed by atoms with Crippen LogP contribution in [0.1, 0.15) is 43.1 Å². The first-order valence-corrected chi connectivity index (χ1v) is 10.7. The van der Waals surface area contributed by atoms with Crippen LogP contribution in [-0.4, -0.2) is 33.0 Å². The number of hydrogen-bond donors (Lipinski definition) is 1. The third-order valence-electron chi connectivity index (χ3n) is 5.80. The average Bonchev–Trinajstić information content (AvgIpc) is 3.47. The molecular weight excluding hydrogens is 395 g/mol. The van der Waals surface area contributed by atoms with Crippen LogP contribution in [0.3, 0.4) is 0 Å². The molecule has 1 aliphatic heterocycles. The predicted octanol–water partition coefficient (Wildman–Crippen LogP) is 5.40. The molecule has 2 aromatic heterocycles. The van der Waals surface area contributed by atoms with E-state index >= 15 is 0 Å². The number of likely N-dealkylation sites (tertiary alicyclic amines) is 1. The monoisotopic (exact) mass is 420 g/mol. The molecule has 5 rings (SSSR count). The molecule has 1 N–H and O–H groups in total. The smallest absolute Gasteiger partial charge is 0.230 e. The maximum Gasteiger partial charge on any atom is 0.230 e. The maximum atomic E-state index is 13.6. The van der Waals surface area contributed by atoms with Gasteiger partial charge in [-0.1, -0.05) is 12.1 Å². The van der Waals surface area contributed by atoms with Gasteiger partial charge in [-0.25, -0.2) is 14.4 Å². The van der Waals surface area contributed by atoms with E-state index in [4.69, 9.17) is 19.1 Å². The van der Waals surface area contributed by atoms with Crippen LogP contribution in [0.4, 0.5) is 4.39 Å². The Kier molecular flexibility index (Phi) is 5.19. The van der Waals surface area contributed by atoms with Crippen molar-refractivity contribution in [2.75, 3.05) is 13.2 Å². The van der Waals surface area contributed by atoms with E-state index in [-0.39, 0.29) is 11.9 Å². The summed E-state index contributed by atoms with van der Waals surface area (Å²) < 4.78 is 25.3. The largest absolute Gasteiger partial charge is 0.493 e. The van der Waals surface area contributed by atoms with Crippen molar-refractivity contribution >= 4 is 11.0 Å². The number of aryl methyl sites for hydroxylation is 1. The number of H-pyrrole nitrogens is 1. The lowest BCUT2D eigenvalue weighted by Gasteiger charge is -2.21. The Morgan fingerprint density at radius 1 is 1.23 bits per heavy atom. The second-order valence-electron chi connectivity index (χ2n) is 7.86. The minimum absolute atomic E-state index is 0.144. The Labute approximate surface area is 180 Å². The number of ether oxygens (including phenoxy) is 1. The van der Waals surface area contributed by atoms with E-state index in [0.717, 1.165) is 59.0 Å². The Hall–Kier alpha value is -3.19. The highest BCUT2D eigenvalue weighted by Crippen LogP contribution is 2.35. The standard InChI is InChI=1S/C24H25FN4O2/c1-3-30-22-9-5-4-7-17(22)24-28-20(15(2)31-24)14-29-12-6-8-21(29)23-26-18-11-10-16(25)13-19(18)27-23/h4-5,7,9-11,13,21H,3,6,8,12,14H2,1-2H3,(H,26,27). The molecule has 2 aromatic carbocycles. The number of halogens is 1. The van der Waals surface area contributed by atoms with Gasteiger partial charge in [0.2, 0.25) is 5.89 Å². The zero-order chi connectivity index (χ0) is 21.4. The normalized spacial score (nSPS) is 16.9. The van der Waals surface area contributed by atoms with Gasteiger partial charge in [-0.05, 0) is 63.6 Å². The first kappa shape index (κ1) is 19.8. The van der Waals surface area contributed by atoms with Gasteiger partial charge in [0, 0.05) is 6.54 Å². The van der Waals surface area contributed by atoms with Crippen LogP contribution in [0.25, 0.3) is 22.5 Å². The van der Waals surface area contributed by atoms with Crippen molar-refractivity contribution < 1.29 is 13.5 Å². The summed E-state index contributed by atoms with van der Waals surface area (Å²) in [5.41, 5.74) is 3.29. The van der Waals surface area contributed by atoms with Gasteiger partial charge in [0.05, 0.1) is 34.9 Å². The maximum absolute atomic E-state index is 13.6. The molecular formula is C24H25FN4O2. The summed E-state index contributed by atoms with van der Waals surface area (Å²) in [6.45, 7) is 6.11. The molecule has 1 fully saturated rings. The van der Waals surface area contributed by atoms with Gasteiger partial charge in [-0.15, -0.1) is 0 Å². The molecule has 160 valence electrons. The number of oxazole rings is 1. The van der Waals surface area contributed by atoms with Crippen molar-refractivity contribution in [3.63, 3.8) is 0 Å². The molecule has 0 amide bonds. The summed E-state index contributed by atoms with van der Waals surface area (Å²) in [6.07, 6.45) is 2.08. The minimum atomic E-state index is -0.260. The highest BCUT2D eigenvalue weighted by atomic mass is 19.1. The van der Waals surface area contributed by atoms with Crippen LogP contribution >= 0.6 is 0 Å². The Morgan fingerprint density at radius 3 is 2.97 bits per heavy atom. The lowest BCUT2D eigenvalue weighted by Crippen LogP contribution is -2.24. The van der Waals surface area contributed by atoms with Crippen molar-refractivity contribution in [1.29, 1.82) is 0 Å². The molecule has 1 aliphatic rings. The molecule has 0 bridgehead atoms. The summed E-state index contributed by atoms with van der Waals surface area (Å²) in [5, 5.41) is 0. The second-order valence-corrected chi connectivity index (χ2v) is 7.86. The molecule has 7 heteroatoms. The predicted molar refractivity (Wildman–Crippen MR) is 116 cm³/mol. The van der Waals surface area contributed by atoms with Crippen molar-refractivity contribution in [2.45, 2.75) is 39.3 Å². The van der Waals surface area contributed by atoms with Crippen molar-refractivity contribution in [1.82, 2.24) is 19.9 Å². The van der Waals surface area contributed by atoms with E-state index < -0.39 is 0 Å². The van der Waals surface area contributed by atoms with E-state index in [1.54, 1.807) is 6.07 Å². The Bertz CT molecular complexity index is 1220. The molecule has 1 atom stereocenters. The van der Waals surface area contributed by atoms with Crippen molar-refractivity contribution in [3.05, 3.63) is 65.6 Å². The molecule has 6 nitrogen and oxygen atoms in total. The van der Waals surface area contributed by atoms with Crippen LogP contribution in [-0.2, 0) is 6.54 Å². The Morgan fingerprint density at radius 2 is 2.10 bits per heavy atom. The van der Waals surface area contributed by atoms with Gasteiger partial charge < -0.3 is 14.1 Å². The number of para-hydroxylation sites is 1. The van der Waals surface area contributed by atoms with E-state index in [2.05, 4.69) is 9.88 Å². The number of nitrogens with zero attached hydrogens (tertiary/aromatic N) is 3. The van der Waals surface area contributed by atoms with Gasteiger partial charge >= 0.3 is 0 Å². The van der Waals surface area contributed by atoms with Gasteiger partial charge in [0.15, 0.2) is 0 Å². The fraction of sp³-hybridized carbons (Fsp3) is 0.333. The Balaban J connectivity index is 1.40. The number of hydrogen-bond acceptors (Lipinski definition) is 5. The molecule has 4 aromatic rings. The van der Waals surface area contributed by atoms with Gasteiger partial charge in [-0.3, -0.25) is 4.90 Å². The third-order valence-corrected chi connectivity index (χ3v) is 5.80. The molecule has 1 saturated heterocycles. The summed E-state index contributed by atoms with van der Waals surface area (Å²) in [6, 6.07) is 12.6. The zero-order valence-corrected chi connectivity index (χ0v) is 17.7. The highest BCUT2D eigenvalue weighted by molar-refractivity contribution is 5.75. The van der Waals surface area contributed by atoms with Gasteiger partial charge in [-0.2, -0.15) is 0 Å². The van der Waals surface area contributed by atoms with Crippen molar-refractivity contribution in [3.8, 4) is 17.2 Å². The molecule has 0 saturated carbocycles. The van der Waals surface area contributed by atoms with E-state index in [1.807, 2.05) is 38.1 Å². The minimum Gasteiger partial charge on any atom is -0.493 e. The summed E-state index contributed by atoms with van der Waals surface area (Å²) >= 11 is 0. The van der Waals surface area contributed by atoms with Crippen LogP contribution in [0.5, 0.6) is 5.75 Å². The van der Waals surface area contributed by atoms with Gasteiger partial charge in [0.25, 0.3) is 0 Å². The van der Waals surface area contributed by atoms with Crippen molar-refractivity contribution in [2.24, 2.45) is 0 Å². The van der Waals surface area contributed by atoms with Gasteiger partial charge in [0.1, 0.15) is 23.2 Å². The SMILES string of the molecule is CCOc1ccccc1-c1nc(CN2CCCC2c2nc3ccc(F)cc3[nH]2)c(C)o1. The third kappa shape index (κ3) is 3.81. The van der Waals surface area contributed by atoms with Crippen LogP contribution in [0.2, 0.25) is 0 Å². The first-order chi connectivity index (χ1) is 15.1. The summed E-state index contributed by atoms with van der Waals surface area (Å²) in [7, 11) is 0. The highest BCUT2D eigenvalue weighted by Gasteiger charge is 2.30. The molecule has 0 radical (unpaired) electrons. The summed E-state index contributed by atoms with van der Waals surface area (Å²) in [5.74, 6) is 2.77. The number of rotatable bonds is 6. The van der Waals surface area contributed by atoms with E-state index in [9.17, 15) is 4.39 Å². The fourth-order valence-electron chi connectivity index (χ4n) is 4.29. The van der Waals surface area contributed by atoms with E-state index in [0.29, 0.717) is 19.0 Å². The number of aromatic amines is 1. The number of imidazole rings is 1. The molecule has 3 heterocycles. The quantitative estimate of drug-likeness (QED) is 0.452. The fourth-order valence-corrected chi connectivity index (χ4v) is 4.29. The number of nitrogens with one attached hydrogen (secondary N) is 1. The number of benzene rings is 2. The molecule has 31 heavy (non-hydrogen) atoms. The van der Waals surface area contributed by atoms with Crippen LogP contribution in [0.15, 0.2) is 46.9 Å². The first-order valence-electron chi connectivity index (χ1n) is 10.7. The van der Waals surface area contributed by atoms with Crippen LogP contribution < -0.4 is 4.74 Å². The number of aromatic nitrogens is 3. The molecule has 1 unspecified atom stereocenters. The topological polar surface area (TPSA) is 67.2 Å². The lowest BCUT2D eigenvalue weighted by atomic mass is 10.2. The molecule has 0 spiro atoms. The summed E-state index contributed by atoms with van der Waals surface area (Å²) in [4.78, 5) is 15.2. The van der Waals surface area contributed by atoms with E-state index in [1.165, 1.54) is 12.1 Å².